The summed E-state index contributed by atoms with van der Waals surface area (Å²) >= 11 is 3.45. The van der Waals surface area contributed by atoms with E-state index in [4.69, 9.17) is 0 Å². The molecule has 17 heavy (non-hydrogen) atoms. The van der Waals surface area contributed by atoms with Gasteiger partial charge < -0.3 is 5.11 Å². The lowest BCUT2D eigenvalue weighted by Gasteiger charge is -2.17. The van der Waals surface area contributed by atoms with E-state index in [2.05, 4.69) is 21.0 Å². The smallest absolute Gasteiger partial charge is 0.122 e. The van der Waals surface area contributed by atoms with Crippen molar-refractivity contribution in [1.82, 2.24) is 9.78 Å². The van der Waals surface area contributed by atoms with E-state index in [1.165, 1.54) is 0 Å². The molecule has 0 aliphatic carbocycles. The third-order valence-electron chi connectivity index (χ3n) is 2.67. The number of aliphatic hydroxyl groups is 1. The van der Waals surface area contributed by atoms with Crippen molar-refractivity contribution < 1.29 is 5.11 Å². The summed E-state index contributed by atoms with van der Waals surface area (Å²) in [4.78, 5) is 0. The van der Waals surface area contributed by atoms with Gasteiger partial charge in [-0.3, -0.25) is 4.68 Å². The minimum Gasteiger partial charge on any atom is -0.382 e. The minimum absolute atomic E-state index is 0.233. The van der Waals surface area contributed by atoms with E-state index in [9.17, 15) is 5.11 Å². The van der Waals surface area contributed by atoms with E-state index in [1.54, 1.807) is 6.20 Å². The van der Waals surface area contributed by atoms with Crippen LogP contribution in [0.25, 0.3) is 0 Å². The summed E-state index contributed by atoms with van der Waals surface area (Å²) in [5.41, 5.74) is 1.67. The van der Waals surface area contributed by atoms with Gasteiger partial charge in [0.2, 0.25) is 0 Å². The maximum atomic E-state index is 10.4. The molecular formula is C13H15BrN2O. The van der Waals surface area contributed by atoms with Gasteiger partial charge in [-0.2, -0.15) is 5.10 Å². The highest BCUT2D eigenvalue weighted by molar-refractivity contribution is 9.10. The molecule has 4 heteroatoms. The molecule has 0 aliphatic heterocycles. The average Bonchev–Trinajstić information content (AvgIpc) is 2.77. The summed E-state index contributed by atoms with van der Waals surface area (Å²) in [5.74, 6) is 0. The number of benzene rings is 1. The Labute approximate surface area is 109 Å². The standard InChI is InChI=1S/C13H15BrN2O/c1-9(2)16-12(7-8-15-16)13(17)10-5-3-4-6-11(10)14/h3-9,13,17H,1-2H3. The van der Waals surface area contributed by atoms with Gasteiger partial charge in [0.25, 0.3) is 0 Å². The first-order chi connectivity index (χ1) is 8.11. The summed E-state index contributed by atoms with van der Waals surface area (Å²) in [6.45, 7) is 4.09. The second kappa shape index (κ2) is 5.02. The van der Waals surface area contributed by atoms with Crippen LogP contribution in [0.15, 0.2) is 41.0 Å². The lowest BCUT2D eigenvalue weighted by molar-refractivity contribution is 0.204. The lowest BCUT2D eigenvalue weighted by atomic mass is 10.1. The van der Waals surface area contributed by atoms with E-state index >= 15 is 0 Å². The molecule has 0 spiro atoms. The fourth-order valence-electron chi connectivity index (χ4n) is 1.83. The zero-order chi connectivity index (χ0) is 12.4. The SMILES string of the molecule is CC(C)n1nccc1C(O)c1ccccc1Br. The third-order valence-corrected chi connectivity index (χ3v) is 3.39. The summed E-state index contributed by atoms with van der Waals surface area (Å²) in [5, 5.41) is 14.6. The molecule has 2 aromatic rings. The molecule has 0 saturated heterocycles. The molecule has 1 atom stereocenters. The van der Waals surface area contributed by atoms with Gasteiger partial charge in [-0.15, -0.1) is 0 Å². The van der Waals surface area contributed by atoms with Gasteiger partial charge in [0.15, 0.2) is 0 Å². The van der Waals surface area contributed by atoms with E-state index in [0.717, 1.165) is 15.7 Å². The van der Waals surface area contributed by atoms with E-state index in [0.29, 0.717) is 0 Å². The summed E-state index contributed by atoms with van der Waals surface area (Å²) in [6, 6.07) is 9.77. The normalized spacial score (nSPS) is 13.0. The van der Waals surface area contributed by atoms with Crippen LogP contribution in [0.5, 0.6) is 0 Å². The van der Waals surface area contributed by atoms with Crippen LogP contribution in [-0.4, -0.2) is 14.9 Å². The van der Waals surface area contributed by atoms with Crippen molar-refractivity contribution >= 4 is 15.9 Å². The molecule has 0 fully saturated rings. The zero-order valence-corrected chi connectivity index (χ0v) is 11.4. The summed E-state index contributed by atoms with van der Waals surface area (Å²) in [7, 11) is 0. The Hall–Kier alpha value is -1.13. The minimum atomic E-state index is -0.657. The predicted octanol–water partition coefficient (Wildman–Crippen LogP) is 3.31. The van der Waals surface area contributed by atoms with Gasteiger partial charge >= 0.3 is 0 Å². The fourth-order valence-corrected chi connectivity index (χ4v) is 2.33. The number of rotatable bonds is 3. The number of aliphatic hydroxyl groups excluding tert-OH is 1. The second-order valence-electron chi connectivity index (χ2n) is 4.22. The Kier molecular flexibility index (Phi) is 3.64. The van der Waals surface area contributed by atoms with Crippen LogP contribution in [0.1, 0.15) is 37.3 Å². The Morgan fingerprint density at radius 3 is 2.59 bits per heavy atom. The maximum absolute atomic E-state index is 10.4. The van der Waals surface area contributed by atoms with Gasteiger partial charge in [-0.05, 0) is 26.0 Å². The first-order valence-electron chi connectivity index (χ1n) is 5.57. The van der Waals surface area contributed by atoms with E-state index < -0.39 is 6.10 Å². The predicted molar refractivity (Wildman–Crippen MR) is 70.8 cm³/mol. The number of nitrogens with zero attached hydrogens (tertiary/aromatic N) is 2. The molecular weight excluding hydrogens is 280 g/mol. The summed E-state index contributed by atoms with van der Waals surface area (Å²) < 4.78 is 2.74. The number of hydrogen-bond donors (Lipinski definition) is 1. The van der Waals surface area contributed by atoms with Crippen molar-refractivity contribution in [2.24, 2.45) is 0 Å². The van der Waals surface area contributed by atoms with Crippen LogP contribution >= 0.6 is 15.9 Å². The molecule has 3 nitrogen and oxygen atoms in total. The average molecular weight is 295 g/mol. The van der Waals surface area contributed by atoms with Crippen molar-refractivity contribution in [2.75, 3.05) is 0 Å². The van der Waals surface area contributed by atoms with Crippen molar-refractivity contribution in [1.29, 1.82) is 0 Å². The molecule has 90 valence electrons. The third kappa shape index (κ3) is 2.42. The zero-order valence-electron chi connectivity index (χ0n) is 9.84. The molecule has 1 N–H and O–H groups in total. The van der Waals surface area contributed by atoms with Crippen LogP contribution in [0.4, 0.5) is 0 Å². The highest BCUT2D eigenvalue weighted by Crippen LogP contribution is 2.29. The van der Waals surface area contributed by atoms with Crippen LogP contribution < -0.4 is 0 Å². The molecule has 2 rings (SSSR count). The molecule has 0 bridgehead atoms. The Morgan fingerprint density at radius 1 is 1.24 bits per heavy atom. The van der Waals surface area contributed by atoms with Crippen molar-refractivity contribution in [2.45, 2.75) is 26.0 Å². The number of aromatic nitrogens is 2. The van der Waals surface area contributed by atoms with Crippen LogP contribution in [-0.2, 0) is 0 Å². The molecule has 0 amide bonds. The van der Waals surface area contributed by atoms with Gasteiger partial charge in [-0.1, -0.05) is 34.1 Å². The Morgan fingerprint density at radius 2 is 1.94 bits per heavy atom. The highest BCUT2D eigenvalue weighted by Gasteiger charge is 2.18. The van der Waals surface area contributed by atoms with E-state index in [1.807, 2.05) is 48.9 Å². The van der Waals surface area contributed by atoms with Crippen molar-refractivity contribution in [3.05, 3.63) is 52.3 Å². The van der Waals surface area contributed by atoms with Gasteiger partial charge in [-0.25, -0.2) is 0 Å². The summed E-state index contributed by atoms with van der Waals surface area (Å²) in [6.07, 6.45) is 1.06. The van der Waals surface area contributed by atoms with Crippen LogP contribution in [0, 0.1) is 0 Å². The topological polar surface area (TPSA) is 38.0 Å². The van der Waals surface area contributed by atoms with Gasteiger partial charge in [0.1, 0.15) is 6.10 Å². The first kappa shape index (κ1) is 12.3. The van der Waals surface area contributed by atoms with Crippen molar-refractivity contribution in [3.8, 4) is 0 Å². The Balaban J connectivity index is 2.41. The largest absolute Gasteiger partial charge is 0.382 e. The van der Waals surface area contributed by atoms with Crippen LogP contribution in [0.2, 0.25) is 0 Å². The van der Waals surface area contributed by atoms with Gasteiger partial charge in [0.05, 0.1) is 5.69 Å². The fraction of sp³-hybridized carbons (Fsp3) is 0.308. The molecule has 0 saturated carbocycles. The molecule has 1 aromatic carbocycles. The molecule has 1 unspecified atom stereocenters. The monoisotopic (exact) mass is 294 g/mol. The second-order valence-corrected chi connectivity index (χ2v) is 5.07. The molecule has 0 aliphatic rings. The van der Waals surface area contributed by atoms with Gasteiger partial charge in [0, 0.05) is 22.3 Å². The van der Waals surface area contributed by atoms with Crippen molar-refractivity contribution in [3.63, 3.8) is 0 Å². The Bertz CT molecular complexity index is 508. The molecule has 1 aromatic heterocycles. The molecule has 1 heterocycles. The highest BCUT2D eigenvalue weighted by atomic mass is 79.9. The first-order valence-corrected chi connectivity index (χ1v) is 6.36. The van der Waals surface area contributed by atoms with Crippen LogP contribution in [0.3, 0.4) is 0 Å². The quantitative estimate of drug-likeness (QED) is 0.943. The maximum Gasteiger partial charge on any atom is 0.122 e. The number of hydrogen-bond acceptors (Lipinski definition) is 2. The number of halogens is 1. The molecule has 0 radical (unpaired) electrons. The lowest BCUT2D eigenvalue weighted by Crippen LogP contribution is -2.12. The van der Waals surface area contributed by atoms with E-state index in [-0.39, 0.29) is 6.04 Å².